The molecule has 2 saturated carbocycles. The molecule has 0 spiro atoms. The fraction of sp³-hybridized carbons (Fsp3) is 0.357. The maximum Gasteiger partial charge on any atom is 0.229 e. The molecular weight excluding hydrogens is 472 g/mol. The van der Waals surface area contributed by atoms with E-state index in [1.54, 1.807) is 0 Å². The maximum absolute atomic E-state index is 12.9. The van der Waals surface area contributed by atoms with Crippen molar-refractivity contribution in [2.75, 3.05) is 16.8 Å². The molecule has 4 aromatic rings. The van der Waals surface area contributed by atoms with Gasteiger partial charge in [0.05, 0.1) is 11.7 Å². The van der Waals surface area contributed by atoms with E-state index in [0.29, 0.717) is 16.8 Å². The van der Waals surface area contributed by atoms with Crippen molar-refractivity contribution < 1.29 is 4.79 Å². The van der Waals surface area contributed by atoms with Crippen LogP contribution in [0.4, 0.5) is 11.6 Å². The molecule has 3 aromatic heterocycles. The van der Waals surface area contributed by atoms with Gasteiger partial charge in [0.25, 0.3) is 0 Å². The van der Waals surface area contributed by atoms with Gasteiger partial charge in [-0.3, -0.25) is 4.79 Å². The monoisotopic (exact) mass is 498 g/mol. The van der Waals surface area contributed by atoms with E-state index in [1.165, 1.54) is 24.7 Å². The van der Waals surface area contributed by atoms with E-state index in [2.05, 4.69) is 49.1 Å². The van der Waals surface area contributed by atoms with E-state index in [1.807, 2.05) is 30.3 Å². The van der Waals surface area contributed by atoms with Gasteiger partial charge in [0, 0.05) is 35.9 Å². The largest absolute Gasteiger partial charge is 0.348 e. The summed E-state index contributed by atoms with van der Waals surface area (Å²) in [5.74, 6) is 2.23. The van der Waals surface area contributed by atoms with Crippen molar-refractivity contribution in [3.63, 3.8) is 0 Å². The third-order valence-corrected chi connectivity index (χ3v) is 7.97. The van der Waals surface area contributed by atoms with Crippen LogP contribution in [0.3, 0.4) is 0 Å². The Morgan fingerprint density at radius 2 is 1.94 bits per heavy atom. The fourth-order valence-electron chi connectivity index (χ4n) is 5.58. The highest BCUT2D eigenvalue weighted by Gasteiger charge is 2.44. The highest BCUT2D eigenvalue weighted by molar-refractivity contribution is 6.30. The zero-order valence-electron chi connectivity index (χ0n) is 19.8. The minimum absolute atomic E-state index is 0.00517. The summed E-state index contributed by atoms with van der Waals surface area (Å²) in [6, 6.07) is 14.2. The van der Waals surface area contributed by atoms with Gasteiger partial charge in [-0.15, -0.1) is 0 Å². The molecule has 1 saturated heterocycles. The Kier molecular flexibility index (Phi) is 5.20. The van der Waals surface area contributed by atoms with Crippen LogP contribution in [0.5, 0.6) is 0 Å². The molecule has 4 heterocycles. The van der Waals surface area contributed by atoms with Crippen LogP contribution in [0, 0.1) is 5.92 Å². The van der Waals surface area contributed by atoms with Crippen molar-refractivity contribution in [1.29, 1.82) is 0 Å². The highest BCUT2D eigenvalue weighted by atomic mass is 35.5. The summed E-state index contributed by atoms with van der Waals surface area (Å²) in [6.07, 6.45) is 11.4. The lowest BCUT2D eigenvalue weighted by molar-refractivity contribution is -0.117. The first-order chi connectivity index (χ1) is 17.6. The van der Waals surface area contributed by atoms with Gasteiger partial charge >= 0.3 is 0 Å². The second-order valence-corrected chi connectivity index (χ2v) is 10.7. The second kappa shape index (κ2) is 8.59. The molecule has 1 N–H and O–H groups in total. The van der Waals surface area contributed by atoms with Crippen molar-refractivity contribution in [3.8, 4) is 0 Å². The molecule has 1 amide bonds. The molecule has 3 atom stereocenters. The van der Waals surface area contributed by atoms with Gasteiger partial charge in [0.15, 0.2) is 0 Å². The Morgan fingerprint density at radius 3 is 2.81 bits per heavy atom. The summed E-state index contributed by atoms with van der Waals surface area (Å²) < 4.78 is 2.16. The van der Waals surface area contributed by atoms with E-state index >= 15 is 0 Å². The smallest absolute Gasteiger partial charge is 0.229 e. The number of halogens is 1. The summed E-state index contributed by atoms with van der Waals surface area (Å²) in [5.41, 5.74) is 4.56. The number of pyridine rings is 1. The average molecular weight is 499 g/mol. The van der Waals surface area contributed by atoms with E-state index in [9.17, 15) is 4.79 Å². The number of nitrogens with one attached hydrogen (secondary N) is 1. The lowest BCUT2D eigenvalue weighted by Crippen LogP contribution is -2.24. The number of amides is 1. The number of rotatable bonds is 6. The van der Waals surface area contributed by atoms with Crippen molar-refractivity contribution in [2.24, 2.45) is 5.92 Å². The molecule has 1 aliphatic heterocycles. The van der Waals surface area contributed by atoms with Crippen LogP contribution in [0.25, 0.3) is 5.65 Å². The molecule has 2 unspecified atom stereocenters. The number of hydrogen-bond donors (Lipinski definition) is 1. The predicted octanol–water partition coefficient (Wildman–Crippen LogP) is 5.74. The molecule has 3 aliphatic rings. The minimum Gasteiger partial charge on any atom is -0.348 e. The molecule has 182 valence electrons. The number of anilines is 2. The van der Waals surface area contributed by atoms with Gasteiger partial charge in [-0.25, -0.2) is 15.0 Å². The van der Waals surface area contributed by atoms with Crippen molar-refractivity contribution >= 4 is 34.8 Å². The summed E-state index contributed by atoms with van der Waals surface area (Å²) in [6.45, 7) is 0.899. The van der Waals surface area contributed by atoms with Crippen LogP contribution < -0.4 is 10.2 Å². The number of carbonyl (C=O) groups excluding carboxylic acids is 1. The number of fused-ring (bicyclic) bond motifs is 1. The zero-order valence-corrected chi connectivity index (χ0v) is 20.6. The minimum atomic E-state index is -0.0556. The highest BCUT2D eigenvalue weighted by Crippen LogP contribution is 2.48. The first-order valence-corrected chi connectivity index (χ1v) is 13.1. The average Bonchev–Trinajstić information content (AvgIpc) is 3.79. The molecule has 7 nitrogen and oxygen atoms in total. The Balaban J connectivity index is 1.07. The van der Waals surface area contributed by atoms with Gasteiger partial charge < -0.3 is 14.6 Å². The normalized spacial score (nSPS) is 23.2. The molecule has 0 bridgehead atoms. The van der Waals surface area contributed by atoms with Crippen LogP contribution >= 0.6 is 11.6 Å². The van der Waals surface area contributed by atoms with Crippen molar-refractivity contribution in [1.82, 2.24) is 19.4 Å². The maximum atomic E-state index is 12.9. The first kappa shape index (κ1) is 21.8. The van der Waals surface area contributed by atoms with E-state index in [0.717, 1.165) is 48.5 Å². The van der Waals surface area contributed by atoms with Gasteiger partial charge in [-0.05, 0) is 73.3 Å². The van der Waals surface area contributed by atoms with Crippen LogP contribution in [-0.2, 0) is 4.79 Å². The molecule has 3 fully saturated rings. The topological polar surface area (TPSA) is 75.4 Å². The number of imidazole rings is 1. The molecule has 36 heavy (non-hydrogen) atoms. The SMILES string of the molecule is O=C(Nc1cc(N2CCCC2c2cn3cc(C4CC4)ccc3n2)ncn1)[C@H]1CC1c1cccc(Cl)c1. The predicted molar refractivity (Wildman–Crippen MR) is 139 cm³/mol. The lowest BCUT2D eigenvalue weighted by atomic mass is 10.1. The molecule has 1 aromatic carbocycles. The number of nitrogens with zero attached hydrogens (tertiary/aromatic N) is 5. The first-order valence-electron chi connectivity index (χ1n) is 12.8. The summed E-state index contributed by atoms with van der Waals surface area (Å²) in [4.78, 5) is 29.0. The van der Waals surface area contributed by atoms with E-state index < -0.39 is 0 Å². The molecule has 7 rings (SSSR count). The number of aromatic nitrogens is 4. The Hall–Kier alpha value is -3.45. The van der Waals surface area contributed by atoms with Crippen LogP contribution in [0.15, 0.2) is 61.2 Å². The number of carbonyl (C=O) groups is 1. The Labute approximate surface area is 214 Å². The van der Waals surface area contributed by atoms with Crippen LogP contribution in [0.2, 0.25) is 5.02 Å². The van der Waals surface area contributed by atoms with Crippen LogP contribution in [0.1, 0.15) is 66.8 Å². The third-order valence-electron chi connectivity index (χ3n) is 7.74. The summed E-state index contributed by atoms with van der Waals surface area (Å²) >= 11 is 6.13. The summed E-state index contributed by atoms with van der Waals surface area (Å²) in [7, 11) is 0. The zero-order chi connectivity index (χ0) is 24.2. The Morgan fingerprint density at radius 1 is 1.03 bits per heavy atom. The molecular formula is C28H27ClN6O. The van der Waals surface area contributed by atoms with E-state index in [-0.39, 0.29) is 23.8 Å². The van der Waals surface area contributed by atoms with Crippen molar-refractivity contribution in [3.05, 3.63) is 83.0 Å². The van der Waals surface area contributed by atoms with Crippen molar-refractivity contribution in [2.45, 2.75) is 50.0 Å². The fourth-order valence-corrected chi connectivity index (χ4v) is 5.78. The van der Waals surface area contributed by atoms with Gasteiger partial charge in [0.1, 0.15) is 23.6 Å². The van der Waals surface area contributed by atoms with Crippen LogP contribution in [-0.4, -0.2) is 31.8 Å². The molecule has 2 aliphatic carbocycles. The number of benzene rings is 1. The quantitative estimate of drug-likeness (QED) is 0.367. The standard InChI is InChI=1S/C28H27ClN6O/c29-20-4-1-3-18(11-20)21-12-22(21)28(36)33-25-13-27(31-16-30-25)35-10-2-5-24(35)23-15-34-14-19(17-6-7-17)8-9-26(34)32-23/h1,3-4,8-9,11,13-17,21-22,24H,2,5-7,10,12H2,(H,30,31,33,36)/t21?,22-,24?/m0/s1. The molecule has 0 radical (unpaired) electrons. The second-order valence-electron chi connectivity index (χ2n) is 10.3. The van der Waals surface area contributed by atoms with Gasteiger partial charge in [-0.2, -0.15) is 0 Å². The van der Waals surface area contributed by atoms with Gasteiger partial charge in [0.2, 0.25) is 5.91 Å². The number of hydrogen-bond acceptors (Lipinski definition) is 5. The lowest BCUT2D eigenvalue weighted by Gasteiger charge is -2.24. The third kappa shape index (κ3) is 4.11. The Bertz CT molecular complexity index is 1460. The molecule has 8 heteroatoms. The summed E-state index contributed by atoms with van der Waals surface area (Å²) in [5, 5.41) is 3.71. The van der Waals surface area contributed by atoms with Gasteiger partial charge in [-0.1, -0.05) is 29.8 Å². The van der Waals surface area contributed by atoms with E-state index in [4.69, 9.17) is 16.6 Å².